The average molecular weight is 285 g/mol. The van der Waals surface area contributed by atoms with Crippen LogP contribution in [-0.4, -0.2) is 4.98 Å². The molecule has 0 aliphatic carbocycles. The van der Waals surface area contributed by atoms with E-state index in [0.29, 0.717) is 0 Å². The predicted octanol–water partition coefficient (Wildman–Crippen LogP) is 4.11. The van der Waals surface area contributed by atoms with Gasteiger partial charge in [0.05, 0.1) is 5.75 Å². The molecule has 0 amide bonds. The van der Waals surface area contributed by atoms with Gasteiger partial charge in [0.2, 0.25) is 0 Å². The Hall–Kier alpha value is -0.550. The summed E-state index contributed by atoms with van der Waals surface area (Å²) in [5, 5.41) is 1.87. The molecule has 2 nitrogen and oxygen atoms in total. The Balaban J connectivity index is 1.97. The van der Waals surface area contributed by atoms with Gasteiger partial charge in [-0.1, -0.05) is 17.7 Å². The van der Waals surface area contributed by atoms with E-state index in [0.717, 1.165) is 25.6 Å². The zero-order valence-electron chi connectivity index (χ0n) is 9.39. The van der Waals surface area contributed by atoms with Crippen molar-refractivity contribution < 1.29 is 0 Å². The van der Waals surface area contributed by atoms with Crippen molar-refractivity contribution in [3.05, 3.63) is 45.4 Å². The van der Waals surface area contributed by atoms with Gasteiger partial charge in [-0.15, -0.1) is 23.1 Å². The van der Waals surface area contributed by atoms with Gasteiger partial charge >= 0.3 is 0 Å². The van der Waals surface area contributed by atoms with Crippen LogP contribution in [0, 0.1) is 0 Å². The first-order chi connectivity index (χ1) is 8.15. The van der Waals surface area contributed by atoms with E-state index in [1.807, 2.05) is 31.3 Å². The molecule has 1 heterocycles. The summed E-state index contributed by atoms with van der Waals surface area (Å²) < 4.78 is 0. The molecule has 1 aromatic heterocycles. The van der Waals surface area contributed by atoms with Crippen LogP contribution in [0.3, 0.4) is 0 Å². The Morgan fingerprint density at radius 3 is 3.00 bits per heavy atom. The Morgan fingerprint density at radius 1 is 1.53 bits per heavy atom. The van der Waals surface area contributed by atoms with E-state index in [-0.39, 0.29) is 6.04 Å². The highest BCUT2D eigenvalue weighted by atomic mass is 35.5. The van der Waals surface area contributed by atoms with Crippen LogP contribution in [0.1, 0.15) is 22.9 Å². The van der Waals surface area contributed by atoms with E-state index < -0.39 is 0 Å². The number of aromatic nitrogens is 1. The summed E-state index contributed by atoms with van der Waals surface area (Å²) in [5.74, 6) is 0.859. The highest BCUT2D eigenvalue weighted by Crippen LogP contribution is 2.28. The zero-order chi connectivity index (χ0) is 12.3. The molecule has 2 N–H and O–H groups in total. The zero-order valence-corrected chi connectivity index (χ0v) is 11.8. The molecule has 0 fully saturated rings. The fourth-order valence-electron chi connectivity index (χ4n) is 1.30. The largest absolute Gasteiger partial charge is 0.323 e. The van der Waals surface area contributed by atoms with Crippen LogP contribution in [0.5, 0.6) is 0 Å². The second-order valence-corrected chi connectivity index (χ2v) is 6.32. The standard InChI is InChI=1S/C12H13ClN2S2/c1-8(14)11-6-15-12(17-11)7-16-10-4-2-3-9(13)5-10/h2-6,8H,7,14H2,1H3. The highest BCUT2D eigenvalue weighted by molar-refractivity contribution is 7.98. The minimum Gasteiger partial charge on any atom is -0.323 e. The minimum absolute atomic E-state index is 0.0671. The third-order valence-corrected chi connectivity index (χ3v) is 4.80. The van der Waals surface area contributed by atoms with E-state index in [4.69, 9.17) is 17.3 Å². The normalized spacial score (nSPS) is 12.6. The van der Waals surface area contributed by atoms with Gasteiger partial charge in [0.1, 0.15) is 5.01 Å². The van der Waals surface area contributed by atoms with Crippen molar-refractivity contribution in [2.75, 3.05) is 0 Å². The third-order valence-electron chi connectivity index (χ3n) is 2.18. The van der Waals surface area contributed by atoms with Gasteiger partial charge in [-0.2, -0.15) is 0 Å². The van der Waals surface area contributed by atoms with E-state index in [2.05, 4.69) is 11.1 Å². The van der Waals surface area contributed by atoms with Crippen molar-refractivity contribution in [1.29, 1.82) is 0 Å². The molecule has 1 unspecified atom stereocenters. The number of hydrogen-bond acceptors (Lipinski definition) is 4. The first kappa shape index (κ1) is 12.9. The molecule has 5 heteroatoms. The number of benzene rings is 1. The predicted molar refractivity (Wildman–Crippen MR) is 75.7 cm³/mol. The fourth-order valence-corrected chi connectivity index (χ4v) is 3.39. The summed E-state index contributed by atoms with van der Waals surface area (Å²) in [5.41, 5.74) is 5.80. The molecule has 2 aromatic rings. The number of rotatable bonds is 4. The summed E-state index contributed by atoms with van der Waals surface area (Å²) in [7, 11) is 0. The van der Waals surface area contributed by atoms with E-state index in [9.17, 15) is 0 Å². The van der Waals surface area contributed by atoms with Crippen molar-refractivity contribution in [1.82, 2.24) is 4.98 Å². The van der Waals surface area contributed by atoms with E-state index in [1.165, 1.54) is 0 Å². The van der Waals surface area contributed by atoms with Crippen LogP contribution in [0.4, 0.5) is 0 Å². The van der Waals surface area contributed by atoms with Crippen molar-refractivity contribution in [3.63, 3.8) is 0 Å². The number of hydrogen-bond donors (Lipinski definition) is 1. The van der Waals surface area contributed by atoms with Crippen molar-refractivity contribution in [3.8, 4) is 0 Å². The fraction of sp³-hybridized carbons (Fsp3) is 0.250. The lowest BCUT2D eigenvalue weighted by atomic mass is 10.3. The number of halogens is 1. The van der Waals surface area contributed by atoms with Crippen LogP contribution in [0.15, 0.2) is 35.4 Å². The van der Waals surface area contributed by atoms with Crippen LogP contribution < -0.4 is 5.73 Å². The molecule has 0 saturated carbocycles. The second kappa shape index (κ2) is 5.87. The maximum absolute atomic E-state index is 5.93. The molecule has 0 saturated heterocycles. The Kier molecular flexibility index (Phi) is 4.45. The number of nitrogens with two attached hydrogens (primary N) is 1. The smallest absolute Gasteiger partial charge is 0.103 e. The number of thiazole rings is 1. The van der Waals surface area contributed by atoms with Crippen molar-refractivity contribution in [2.45, 2.75) is 23.6 Å². The number of thioether (sulfide) groups is 1. The molecule has 2 rings (SSSR count). The average Bonchev–Trinajstić information content (AvgIpc) is 2.75. The quantitative estimate of drug-likeness (QED) is 0.859. The molecule has 90 valence electrons. The Labute approximate surface area is 114 Å². The van der Waals surface area contributed by atoms with Crippen LogP contribution in [0.25, 0.3) is 0 Å². The molecule has 1 aromatic carbocycles. The lowest BCUT2D eigenvalue weighted by Crippen LogP contribution is -2.01. The second-order valence-electron chi connectivity index (χ2n) is 3.69. The summed E-state index contributed by atoms with van der Waals surface area (Å²) in [6.07, 6.45) is 1.86. The number of nitrogens with zero attached hydrogens (tertiary/aromatic N) is 1. The maximum Gasteiger partial charge on any atom is 0.103 e. The molecular weight excluding hydrogens is 272 g/mol. The third kappa shape index (κ3) is 3.71. The van der Waals surface area contributed by atoms with E-state index in [1.54, 1.807) is 23.1 Å². The molecule has 0 aliphatic rings. The summed E-state index contributed by atoms with van der Waals surface area (Å²) in [6.45, 7) is 1.97. The van der Waals surface area contributed by atoms with Gasteiger partial charge in [-0.25, -0.2) is 4.98 Å². The monoisotopic (exact) mass is 284 g/mol. The molecule has 1 atom stereocenters. The molecule has 0 aliphatic heterocycles. The Morgan fingerprint density at radius 2 is 2.35 bits per heavy atom. The highest BCUT2D eigenvalue weighted by Gasteiger charge is 2.06. The molecule has 17 heavy (non-hydrogen) atoms. The molecular formula is C12H13ClN2S2. The summed E-state index contributed by atoms with van der Waals surface area (Å²) >= 11 is 9.34. The van der Waals surface area contributed by atoms with Gasteiger partial charge in [0.15, 0.2) is 0 Å². The SMILES string of the molecule is CC(N)c1cnc(CSc2cccc(Cl)c2)s1. The molecule has 0 spiro atoms. The summed E-state index contributed by atoms with van der Waals surface area (Å²) in [4.78, 5) is 6.65. The molecule has 0 radical (unpaired) electrons. The topological polar surface area (TPSA) is 38.9 Å². The van der Waals surface area contributed by atoms with Gasteiger partial charge in [-0.05, 0) is 25.1 Å². The molecule has 0 bridgehead atoms. The lowest BCUT2D eigenvalue weighted by Gasteiger charge is -2.00. The lowest BCUT2D eigenvalue weighted by molar-refractivity contribution is 0.835. The van der Waals surface area contributed by atoms with Crippen LogP contribution >= 0.6 is 34.7 Å². The van der Waals surface area contributed by atoms with Gasteiger partial charge in [0, 0.05) is 27.0 Å². The van der Waals surface area contributed by atoms with Crippen molar-refractivity contribution in [2.24, 2.45) is 5.73 Å². The van der Waals surface area contributed by atoms with Crippen LogP contribution in [0.2, 0.25) is 5.02 Å². The van der Waals surface area contributed by atoms with Gasteiger partial charge < -0.3 is 5.73 Å². The summed E-state index contributed by atoms with van der Waals surface area (Å²) in [6, 6.07) is 7.92. The van der Waals surface area contributed by atoms with Crippen LogP contribution in [-0.2, 0) is 5.75 Å². The first-order valence-corrected chi connectivity index (χ1v) is 7.41. The maximum atomic E-state index is 5.93. The van der Waals surface area contributed by atoms with Crippen molar-refractivity contribution >= 4 is 34.7 Å². The minimum atomic E-state index is 0.0671. The Bertz CT molecular complexity index is 497. The van der Waals surface area contributed by atoms with Gasteiger partial charge in [-0.3, -0.25) is 0 Å². The van der Waals surface area contributed by atoms with E-state index >= 15 is 0 Å². The first-order valence-electron chi connectivity index (χ1n) is 5.23. The van der Waals surface area contributed by atoms with Gasteiger partial charge in [0.25, 0.3) is 0 Å².